The Hall–Kier alpha value is -2.20. The lowest BCUT2D eigenvalue weighted by Crippen LogP contribution is -2.57. The predicted octanol–water partition coefficient (Wildman–Crippen LogP) is -0.446. The van der Waals surface area contributed by atoms with Crippen LogP contribution in [0.2, 0.25) is 0 Å². The zero-order valence-electron chi connectivity index (χ0n) is 18.2. The zero-order valence-corrected chi connectivity index (χ0v) is 18.2. The Morgan fingerprint density at radius 3 is 2.37 bits per heavy atom. The second-order valence-corrected chi connectivity index (χ2v) is 8.03. The molecular weight excluding hydrogens is 390 g/mol. The highest BCUT2D eigenvalue weighted by molar-refractivity contribution is 5.94. The molecule has 1 saturated heterocycles. The molecule has 1 aliphatic heterocycles. The lowest BCUT2D eigenvalue weighted by molar-refractivity contribution is -0.144. The summed E-state index contributed by atoms with van der Waals surface area (Å²) in [5, 5.41) is 14.7. The molecule has 5 unspecified atom stereocenters. The Balaban J connectivity index is 2.90. The zero-order chi connectivity index (χ0) is 22.8. The summed E-state index contributed by atoms with van der Waals surface area (Å²) in [5.74, 6) is -2.66. The first-order chi connectivity index (χ1) is 14.1. The molecule has 7 N–H and O–H groups in total. The molecule has 5 atom stereocenters. The second kappa shape index (κ2) is 12.5. The molecule has 0 aliphatic carbocycles. The average molecular weight is 428 g/mol. The van der Waals surface area contributed by atoms with E-state index >= 15 is 0 Å². The molecule has 30 heavy (non-hydrogen) atoms. The van der Waals surface area contributed by atoms with Crippen molar-refractivity contribution < 1.29 is 24.3 Å². The normalized spacial score (nSPS) is 20.2. The Morgan fingerprint density at radius 1 is 1.17 bits per heavy atom. The van der Waals surface area contributed by atoms with E-state index in [2.05, 4.69) is 10.6 Å². The van der Waals surface area contributed by atoms with Crippen LogP contribution in [-0.4, -0.2) is 71.0 Å². The monoisotopic (exact) mass is 427 g/mol. The number of nitrogens with zero attached hydrogens (tertiary/aromatic N) is 1. The van der Waals surface area contributed by atoms with Crippen molar-refractivity contribution >= 4 is 23.7 Å². The van der Waals surface area contributed by atoms with Crippen LogP contribution in [-0.2, 0) is 19.2 Å². The summed E-state index contributed by atoms with van der Waals surface area (Å²) in [5.41, 5.74) is 11.2. The molecule has 0 saturated carbocycles. The van der Waals surface area contributed by atoms with E-state index in [1.807, 2.05) is 6.92 Å². The number of amides is 3. The molecule has 0 aromatic carbocycles. The third kappa shape index (κ3) is 7.24. The summed E-state index contributed by atoms with van der Waals surface area (Å²) in [6, 6.07) is -3.34. The number of carbonyl (C=O) groups excluding carboxylic acids is 3. The van der Waals surface area contributed by atoms with E-state index in [1.54, 1.807) is 13.8 Å². The smallest absolute Gasteiger partial charge is 0.326 e. The molecular formula is C20H37N5O5. The first kappa shape index (κ1) is 25.8. The number of carboxylic acid groups (broad SMARTS) is 1. The van der Waals surface area contributed by atoms with E-state index in [4.69, 9.17) is 11.5 Å². The van der Waals surface area contributed by atoms with Crippen molar-refractivity contribution in [3.63, 3.8) is 0 Å². The van der Waals surface area contributed by atoms with Crippen LogP contribution in [0.5, 0.6) is 0 Å². The van der Waals surface area contributed by atoms with Crippen LogP contribution < -0.4 is 22.1 Å². The molecule has 3 amide bonds. The first-order valence-corrected chi connectivity index (χ1v) is 10.7. The molecule has 1 aliphatic rings. The molecule has 0 radical (unpaired) electrons. The van der Waals surface area contributed by atoms with Gasteiger partial charge >= 0.3 is 5.97 Å². The minimum Gasteiger partial charge on any atom is -0.480 e. The predicted molar refractivity (Wildman–Crippen MR) is 112 cm³/mol. The maximum atomic E-state index is 12.9. The standard InChI is InChI=1S/C20H37N5O5/c1-4-12(2)16(20(29)30)24-17(26)14(8-5-6-10-21)23-18(27)15-9-7-11-25(15)19(28)13(3)22/h12-16H,4-11,21-22H2,1-3H3,(H,23,27)(H,24,26)(H,29,30). The van der Waals surface area contributed by atoms with Crippen molar-refractivity contribution in [2.45, 2.75) is 83.5 Å². The van der Waals surface area contributed by atoms with Gasteiger partial charge in [-0.3, -0.25) is 14.4 Å². The first-order valence-electron chi connectivity index (χ1n) is 10.7. The molecule has 1 fully saturated rings. The van der Waals surface area contributed by atoms with E-state index in [0.717, 1.165) is 0 Å². The summed E-state index contributed by atoms with van der Waals surface area (Å²) in [6.45, 7) is 6.05. The van der Waals surface area contributed by atoms with Crippen LogP contribution in [0.3, 0.4) is 0 Å². The molecule has 0 aromatic heterocycles. The average Bonchev–Trinajstić information content (AvgIpc) is 3.19. The number of unbranched alkanes of at least 4 members (excludes halogenated alkanes) is 1. The van der Waals surface area contributed by atoms with Crippen LogP contribution in [0.1, 0.15) is 59.3 Å². The van der Waals surface area contributed by atoms with Gasteiger partial charge in [-0.05, 0) is 51.5 Å². The largest absolute Gasteiger partial charge is 0.480 e. The maximum Gasteiger partial charge on any atom is 0.326 e. The van der Waals surface area contributed by atoms with Gasteiger partial charge in [-0.25, -0.2) is 4.79 Å². The van der Waals surface area contributed by atoms with Gasteiger partial charge in [0.25, 0.3) is 0 Å². The third-order valence-electron chi connectivity index (χ3n) is 5.58. The number of aliphatic carboxylic acids is 1. The maximum absolute atomic E-state index is 12.9. The van der Waals surface area contributed by atoms with Gasteiger partial charge in [0.1, 0.15) is 18.1 Å². The second-order valence-electron chi connectivity index (χ2n) is 8.03. The molecule has 10 nitrogen and oxygen atoms in total. The van der Waals surface area contributed by atoms with E-state index in [9.17, 15) is 24.3 Å². The van der Waals surface area contributed by atoms with Gasteiger partial charge < -0.3 is 32.1 Å². The number of nitrogens with two attached hydrogens (primary N) is 2. The molecule has 1 heterocycles. The lowest BCUT2D eigenvalue weighted by atomic mass is 9.98. The number of hydrogen-bond acceptors (Lipinski definition) is 6. The van der Waals surface area contributed by atoms with E-state index in [0.29, 0.717) is 51.6 Å². The van der Waals surface area contributed by atoms with Gasteiger partial charge in [0, 0.05) is 6.54 Å². The van der Waals surface area contributed by atoms with Crippen LogP contribution in [0.25, 0.3) is 0 Å². The lowest BCUT2D eigenvalue weighted by Gasteiger charge is -2.28. The number of nitrogens with one attached hydrogen (secondary N) is 2. The van der Waals surface area contributed by atoms with Crippen molar-refractivity contribution in [2.75, 3.05) is 13.1 Å². The Kier molecular flexibility index (Phi) is 10.8. The molecule has 172 valence electrons. The van der Waals surface area contributed by atoms with Gasteiger partial charge in [-0.15, -0.1) is 0 Å². The van der Waals surface area contributed by atoms with Crippen molar-refractivity contribution in [3.8, 4) is 0 Å². The number of hydrogen-bond donors (Lipinski definition) is 5. The van der Waals surface area contributed by atoms with Gasteiger partial charge in [-0.1, -0.05) is 20.3 Å². The van der Waals surface area contributed by atoms with Gasteiger partial charge in [-0.2, -0.15) is 0 Å². The topological polar surface area (TPSA) is 168 Å². The molecule has 0 spiro atoms. The van der Waals surface area contributed by atoms with Crippen molar-refractivity contribution in [1.29, 1.82) is 0 Å². The fraction of sp³-hybridized carbons (Fsp3) is 0.800. The van der Waals surface area contributed by atoms with Gasteiger partial charge in [0.05, 0.1) is 6.04 Å². The van der Waals surface area contributed by atoms with Gasteiger partial charge in [0.2, 0.25) is 17.7 Å². The number of carbonyl (C=O) groups is 4. The minimum absolute atomic E-state index is 0.263. The van der Waals surface area contributed by atoms with Crippen LogP contribution >= 0.6 is 0 Å². The van der Waals surface area contributed by atoms with Crippen LogP contribution in [0.4, 0.5) is 0 Å². The van der Waals surface area contributed by atoms with E-state index in [-0.39, 0.29) is 11.8 Å². The Bertz CT molecular complexity index is 612. The third-order valence-corrected chi connectivity index (χ3v) is 5.58. The highest BCUT2D eigenvalue weighted by Crippen LogP contribution is 2.19. The Labute approximate surface area is 178 Å². The summed E-state index contributed by atoms with van der Waals surface area (Å²) in [6.07, 6.45) is 3.35. The van der Waals surface area contributed by atoms with Crippen molar-refractivity contribution in [3.05, 3.63) is 0 Å². The number of carboxylic acids is 1. The summed E-state index contributed by atoms with van der Waals surface area (Å²) >= 11 is 0. The fourth-order valence-electron chi connectivity index (χ4n) is 3.53. The highest BCUT2D eigenvalue weighted by atomic mass is 16.4. The summed E-state index contributed by atoms with van der Waals surface area (Å²) < 4.78 is 0. The Morgan fingerprint density at radius 2 is 1.83 bits per heavy atom. The number of rotatable bonds is 12. The molecule has 1 rings (SSSR count). The quantitative estimate of drug-likeness (QED) is 0.263. The molecule has 10 heteroatoms. The van der Waals surface area contributed by atoms with Crippen LogP contribution in [0.15, 0.2) is 0 Å². The van der Waals surface area contributed by atoms with Crippen molar-refractivity contribution in [2.24, 2.45) is 17.4 Å². The summed E-state index contributed by atoms with van der Waals surface area (Å²) in [7, 11) is 0. The molecule has 0 aromatic rings. The van der Waals surface area contributed by atoms with Crippen LogP contribution in [0, 0.1) is 5.92 Å². The number of likely N-dealkylation sites (tertiary alicyclic amines) is 1. The highest BCUT2D eigenvalue weighted by Gasteiger charge is 2.37. The SMILES string of the molecule is CCC(C)C(NC(=O)C(CCCCN)NC(=O)C1CCCN1C(=O)C(C)N)C(=O)O. The van der Waals surface area contributed by atoms with Crippen molar-refractivity contribution in [1.82, 2.24) is 15.5 Å². The van der Waals surface area contributed by atoms with E-state index in [1.165, 1.54) is 4.90 Å². The minimum atomic E-state index is -1.12. The van der Waals surface area contributed by atoms with E-state index < -0.39 is 42.0 Å². The fourth-order valence-corrected chi connectivity index (χ4v) is 3.53. The van der Waals surface area contributed by atoms with Gasteiger partial charge in [0.15, 0.2) is 0 Å². The molecule has 0 bridgehead atoms. The summed E-state index contributed by atoms with van der Waals surface area (Å²) in [4.78, 5) is 51.0.